The van der Waals surface area contributed by atoms with Gasteiger partial charge in [-0.05, 0) is 29.8 Å². The van der Waals surface area contributed by atoms with Gasteiger partial charge in [-0.3, -0.25) is 14.6 Å². The number of carbonyl (C=O) groups is 2. The van der Waals surface area contributed by atoms with Crippen molar-refractivity contribution < 1.29 is 14.0 Å². The van der Waals surface area contributed by atoms with Crippen LogP contribution >= 0.6 is 24.0 Å². The zero-order valence-electron chi connectivity index (χ0n) is 16.6. The molecule has 0 bridgehead atoms. The van der Waals surface area contributed by atoms with E-state index in [4.69, 9.17) is 4.42 Å². The molecule has 1 aromatic carbocycles. The second kappa shape index (κ2) is 10.8. The predicted octanol–water partition coefficient (Wildman–Crippen LogP) is 1.79. The molecule has 2 aromatic rings. The Morgan fingerprint density at radius 2 is 1.72 bits per heavy atom. The summed E-state index contributed by atoms with van der Waals surface area (Å²) in [4.78, 5) is 32.2. The quantitative estimate of drug-likeness (QED) is 0.371. The van der Waals surface area contributed by atoms with Crippen molar-refractivity contribution in [3.8, 4) is 0 Å². The Kier molecular flexibility index (Phi) is 8.50. The molecule has 1 aliphatic heterocycles. The minimum atomic E-state index is -0.0997. The monoisotopic (exact) mass is 511 g/mol. The van der Waals surface area contributed by atoms with E-state index in [9.17, 15) is 9.59 Å². The second-order valence-corrected chi connectivity index (χ2v) is 6.43. The van der Waals surface area contributed by atoms with E-state index in [2.05, 4.69) is 20.5 Å². The Morgan fingerprint density at radius 1 is 1.07 bits per heavy atom. The van der Waals surface area contributed by atoms with Crippen LogP contribution in [0.2, 0.25) is 0 Å². The number of benzene rings is 1. The molecule has 1 aliphatic rings. The number of halogens is 1. The highest BCUT2D eigenvalue weighted by molar-refractivity contribution is 14.0. The van der Waals surface area contributed by atoms with E-state index in [0.29, 0.717) is 44.0 Å². The second-order valence-electron chi connectivity index (χ2n) is 6.43. The fourth-order valence-electron chi connectivity index (χ4n) is 3.11. The Morgan fingerprint density at radius 3 is 2.28 bits per heavy atom. The summed E-state index contributed by atoms with van der Waals surface area (Å²) in [6.07, 6.45) is 1.51. The average molecular weight is 511 g/mol. The molecule has 0 radical (unpaired) electrons. The highest BCUT2D eigenvalue weighted by Crippen LogP contribution is 2.10. The summed E-state index contributed by atoms with van der Waals surface area (Å²) in [6.45, 7) is 3.22. The number of nitrogens with zero attached hydrogens (tertiary/aromatic N) is 3. The molecule has 1 aromatic heterocycles. The number of guanidine groups is 1. The van der Waals surface area contributed by atoms with Gasteiger partial charge in [0.15, 0.2) is 11.7 Å². The molecule has 0 saturated carbocycles. The van der Waals surface area contributed by atoms with Crippen molar-refractivity contribution in [3.63, 3.8) is 0 Å². The molecule has 0 unspecified atom stereocenters. The molecular formula is C20H26IN5O3. The Bertz CT molecular complexity index is 828. The highest BCUT2D eigenvalue weighted by Gasteiger charge is 2.25. The summed E-state index contributed by atoms with van der Waals surface area (Å²) < 4.78 is 5.20. The lowest BCUT2D eigenvalue weighted by atomic mass is 10.1. The maximum atomic E-state index is 12.4. The van der Waals surface area contributed by atoms with Crippen LogP contribution < -0.4 is 10.6 Å². The van der Waals surface area contributed by atoms with Crippen molar-refractivity contribution in [2.45, 2.75) is 6.54 Å². The third kappa shape index (κ3) is 5.72. The topological polar surface area (TPSA) is 90.2 Å². The molecule has 0 spiro atoms. The zero-order chi connectivity index (χ0) is 19.9. The molecule has 29 heavy (non-hydrogen) atoms. The van der Waals surface area contributed by atoms with Gasteiger partial charge in [-0.25, -0.2) is 0 Å². The average Bonchev–Trinajstić information content (AvgIpc) is 3.29. The summed E-state index contributed by atoms with van der Waals surface area (Å²) in [7, 11) is 3.36. The zero-order valence-corrected chi connectivity index (χ0v) is 18.9. The molecule has 2 amide bonds. The van der Waals surface area contributed by atoms with Crippen LogP contribution in [0.3, 0.4) is 0 Å². The minimum absolute atomic E-state index is 0. The molecule has 156 valence electrons. The molecule has 2 heterocycles. The van der Waals surface area contributed by atoms with Crippen molar-refractivity contribution in [2.75, 3.05) is 40.3 Å². The predicted molar refractivity (Wildman–Crippen MR) is 122 cm³/mol. The largest absolute Gasteiger partial charge is 0.459 e. The SMILES string of the molecule is CN=C(NCc1ccc(C(=O)NC)cc1)N1CCN(C(=O)c2ccco2)CC1.I. The Balaban J connectivity index is 0.00000300. The van der Waals surface area contributed by atoms with Gasteiger partial charge >= 0.3 is 0 Å². The van der Waals surface area contributed by atoms with Gasteiger partial charge in [0.05, 0.1) is 6.26 Å². The van der Waals surface area contributed by atoms with Crippen molar-refractivity contribution >= 4 is 41.8 Å². The highest BCUT2D eigenvalue weighted by atomic mass is 127. The molecule has 2 N–H and O–H groups in total. The van der Waals surface area contributed by atoms with Gasteiger partial charge < -0.3 is 24.9 Å². The number of rotatable bonds is 4. The van der Waals surface area contributed by atoms with Gasteiger partial charge in [0.25, 0.3) is 11.8 Å². The van der Waals surface area contributed by atoms with E-state index in [-0.39, 0.29) is 35.8 Å². The first-order valence-corrected chi connectivity index (χ1v) is 9.21. The molecule has 3 rings (SSSR count). The smallest absolute Gasteiger partial charge is 0.289 e. The maximum absolute atomic E-state index is 12.4. The lowest BCUT2D eigenvalue weighted by Crippen LogP contribution is -2.53. The maximum Gasteiger partial charge on any atom is 0.289 e. The first-order chi connectivity index (χ1) is 13.6. The third-order valence-electron chi connectivity index (χ3n) is 4.70. The van der Waals surface area contributed by atoms with Crippen molar-refractivity contribution in [1.29, 1.82) is 0 Å². The first kappa shape index (κ1) is 22.7. The molecule has 8 nitrogen and oxygen atoms in total. The number of amides is 2. The Labute approximate surface area is 187 Å². The van der Waals surface area contributed by atoms with Crippen LogP contribution in [-0.2, 0) is 6.54 Å². The van der Waals surface area contributed by atoms with Crippen LogP contribution in [0.15, 0.2) is 52.1 Å². The van der Waals surface area contributed by atoms with E-state index < -0.39 is 0 Å². The van der Waals surface area contributed by atoms with Crippen molar-refractivity contribution in [2.24, 2.45) is 4.99 Å². The number of carbonyl (C=O) groups excluding carboxylic acids is 2. The summed E-state index contributed by atoms with van der Waals surface area (Å²) in [5.41, 5.74) is 1.69. The van der Waals surface area contributed by atoms with E-state index >= 15 is 0 Å². The van der Waals surface area contributed by atoms with Crippen LogP contribution in [0, 0.1) is 0 Å². The third-order valence-corrected chi connectivity index (χ3v) is 4.70. The summed E-state index contributed by atoms with van der Waals surface area (Å²) in [6, 6.07) is 10.9. The van der Waals surface area contributed by atoms with E-state index in [1.54, 1.807) is 43.3 Å². The first-order valence-electron chi connectivity index (χ1n) is 9.21. The molecular weight excluding hydrogens is 485 g/mol. The number of nitrogens with one attached hydrogen (secondary N) is 2. The van der Waals surface area contributed by atoms with Crippen molar-refractivity contribution in [1.82, 2.24) is 20.4 Å². The van der Waals surface area contributed by atoms with Crippen LogP contribution in [-0.4, -0.2) is 67.8 Å². The number of piperazine rings is 1. The molecule has 9 heteroatoms. The van der Waals surface area contributed by atoms with E-state index in [1.807, 2.05) is 12.1 Å². The number of furan rings is 1. The minimum Gasteiger partial charge on any atom is -0.459 e. The van der Waals surface area contributed by atoms with E-state index in [0.717, 1.165) is 11.5 Å². The number of aliphatic imine (C=N–C) groups is 1. The molecule has 1 saturated heterocycles. The molecule has 0 atom stereocenters. The Hall–Kier alpha value is -2.56. The van der Waals surface area contributed by atoms with Crippen LogP contribution in [0.4, 0.5) is 0 Å². The van der Waals surface area contributed by atoms with Gasteiger partial charge in [-0.1, -0.05) is 12.1 Å². The molecule has 1 fully saturated rings. The lowest BCUT2D eigenvalue weighted by molar-refractivity contribution is 0.0657. The van der Waals surface area contributed by atoms with Gasteiger partial charge in [0.1, 0.15) is 0 Å². The molecule has 0 aliphatic carbocycles. The fraction of sp³-hybridized carbons (Fsp3) is 0.350. The normalized spacial score (nSPS) is 14.2. The standard InChI is InChI=1S/C20H25N5O3.HI/c1-21-18(26)16-7-5-15(6-8-16)14-23-20(22-2)25-11-9-24(10-12-25)19(27)17-4-3-13-28-17;/h3-8,13H,9-12,14H2,1-2H3,(H,21,26)(H,22,23);1H. The lowest BCUT2D eigenvalue weighted by Gasteiger charge is -2.36. The van der Waals surface area contributed by atoms with Crippen LogP contribution in [0.25, 0.3) is 0 Å². The number of hydrogen-bond donors (Lipinski definition) is 2. The number of hydrogen-bond acceptors (Lipinski definition) is 4. The van der Waals surface area contributed by atoms with Gasteiger partial charge in [0, 0.05) is 52.4 Å². The van der Waals surface area contributed by atoms with E-state index in [1.165, 1.54) is 6.26 Å². The summed E-state index contributed by atoms with van der Waals surface area (Å²) >= 11 is 0. The van der Waals surface area contributed by atoms with Crippen LogP contribution in [0.1, 0.15) is 26.5 Å². The van der Waals surface area contributed by atoms with Gasteiger partial charge in [0.2, 0.25) is 0 Å². The fourth-order valence-corrected chi connectivity index (χ4v) is 3.11. The summed E-state index contributed by atoms with van der Waals surface area (Å²) in [5.74, 6) is 0.984. The van der Waals surface area contributed by atoms with Crippen LogP contribution in [0.5, 0.6) is 0 Å². The van der Waals surface area contributed by atoms with Crippen molar-refractivity contribution in [3.05, 3.63) is 59.5 Å². The van der Waals surface area contributed by atoms with Gasteiger partial charge in [-0.2, -0.15) is 0 Å². The van der Waals surface area contributed by atoms with Gasteiger partial charge in [-0.15, -0.1) is 24.0 Å². The summed E-state index contributed by atoms with van der Waals surface area (Å²) in [5, 5.41) is 5.95.